The van der Waals surface area contributed by atoms with Gasteiger partial charge in [0.15, 0.2) is 6.29 Å². The highest BCUT2D eigenvalue weighted by Gasteiger charge is 2.60. The molecule has 2 heteroatoms. The molecule has 1 atom stereocenters. The van der Waals surface area contributed by atoms with E-state index in [-0.39, 0.29) is 5.60 Å². The summed E-state index contributed by atoms with van der Waals surface area (Å²) in [5.41, 5.74) is 0.277. The van der Waals surface area contributed by atoms with Crippen molar-refractivity contribution in [1.82, 2.24) is 0 Å². The maximum Gasteiger partial charge on any atom is 0.152 e. The smallest absolute Gasteiger partial charge is 0.152 e. The van der Waals surface area contributed by atoms with E-state index in [1.54, 1.807) is 6.92 Å². The van der Waals surface area contributed by atoms with Crippen LogP contribution in [0.25, 0.3) is 0 Å². The van der Waals surface area contributed by atoms with Gasteiger partial charge in [-0.3, -0.25) is 0 Å². The minimum Gasteiger partial charge on any atom is -0.368 e. The molecule has 0 amide bonds. The fraction of sp³-hybridized carbons (Fsp3) is 1.00. The first-order valence-electron chi connectivity index (χ1n) is 8.38. The van der Waals surface area contributed by atoms with Gasteiger partial charge in [-0.15, -0.1) is 0 Å². The van der Waals surface area contributed by atoms with Crippen LogP contribution in [0.2, 0.25) is 0 Å². The van der Waals surface area contributed by atoms with Crippen LogP contribution >= 0.6 is 0 Å². The van der Waals surface area contributed by atoms with Crippen molar-refractivity contribution < 1.29 is 9.84 Å². The maximum atomic E-state index is 9.83. The number of aliphatic hydroxyl groups excluding tert-OH is 1. The fourth-order valence-corrected chi connectivity index (χ4v) is 6.29. The molecule has 0 aliphatic heterocycles. The van der Waals surface area contributed by atoms with Crippen molar-refractivity contribution in [3.05, 3.63) is 0 Å². The Hall–Kier alpha value is -0.0800. The molecule has 0 aromatic heterocycles. The first kappa shape index (κ1) is 13.9. The van der Waals surface area contributed by atoms with E-state index in [9.17, 15) is 5.11 Å². The van der Waals surface area contributed by atoms with Gasteiger partial charge in [0.2, 0.25) is 0 Å². The lowest BCUT2D eigenvalue weighted by Gasteiger charge is -2.63. The van der Waals surface area contributed by atoms with Gasteiger partial charge in [0.1, 0.15) is 0 Å². The SMILES string of the molecule is CCC(CC)(O[C@H](C)O)C12CC3CC(CC(C3)C1)C2. The van der Waals surface area contributed by atoms with Crippen LogP contribution in [0.4, 0.5) is 0 Å². The van der Waals surface area contributed by atoms with Crippen molar-refractivity contribution in [3.8, 4) is 0 Å². The second kappa shape index (κ2) is 4.73. The standard InChI is InChI=1S/C17H30O2/c1-4-17(5-2,19-12(3)18)16-9-13-6-14(10-16)8-15(7-13)11-16/h12-15,18H,4-11H2,1-3H3/t12-,13?,14?,15?,16?/m1/s1. The molecule has 4 aliphatic rings. The van der Waals surface area contributed by atoms with E-state index in [4.69, 9.17) is 4.74 Å². The van der Waals surface area contributed by atoms with Crippen molar-refractivity contribution in [1.29, 1.82) is 0 Å². The molecule has 4 rings (SSSR count). The van der Waals surface area contributed by atoms with Gasteiger partial charge in [-0.2, -0.15) is 0 Å². The van der Waals surface area contributed by atoms with E-state index in [0.29, 0.717) is 5.41 Å². The number of aliphatic hydroxyl groups is 1. The van der Waals surface area contributed by atoms with Gasteiger partial charge in [-0.25, -0.2) is 0 Å². The summed E-state index contributed by atoms with van der Waals surface area (Å²) in [6.45, 7) is 6.29. The maximum absolute atomic E-state index is 9.83. The van der Waals surface area contributed by atoms with Crippen LogP contribution in [0.15, 0.2) is 0 Å². The Labute approximate surface area is 117 Å². The highest BCUT2D eigenvalue weighted by atomic mass is 16.6. The molecule has 0 aromatic rings. The Morgan fingerprint density at radius 2 is 1.47 bits per heavy atom. The molecule has 4 bridgehead atoms. The molecule has 1 N–H and O–H groups in total. The molecule has 0 radical (unpaired) electrons. The quantitative estimate of drug-likeness (QED) is 0.759. The molecular formula is C17H30O2. The Kier molecular flexibility index (Phi) is 3.46. The molecule has 0 saturated heterocycles. The highest BCUT2D eigenvalue weighted by Crippen LogP contribution is 2.65. The Morgan fingerprint density at radius 1 is 1.05 bits per heavy atom. The summed E-state index contributed by atoms with van der Waals surface area (Å²) >= 11 is 0. The van der Waals surface area contributed by atoms with Crippen molar-refractivity contribution in [3.63, 3.8) is 0 Å². The van der Waals surface area contributed by atoms with Crippen LogP contribution < -0.4 is 0 Å². The summed E-state index contributed by atoms with van der Waals surface area (Å²) in [4.78, 5) is 0. The fourth-order valence-electron chi connectivity index (χ4n) is 6.29. The lowest BCUT2D eigenvalue weighted by atomic mass is 9.44. The van der Waals surface area contributed by atoms with Crippen molar-refractivity contribution in [2.75, 3.05) is 0 Å². The molecule has 4 aliphatic carbocycles. The molecule has 0 heterocycles. The molecule has 19 heavy (non-hydrogen) atoms. The lowest BCUT2D eigenvalue weighted by molar-refractivity contribution is -0.262. The molecule has 110 valence electrons. The summed E-state index contributed by atoms with van der Waals surface area (Å²) in [6, 6.07) is 0. The van der Waals surface area contributed by atoms with E-state index in [1.807, 2.05) is 0 Å². The van der Waals surface area contributed by atoms with E-state index in [2.05, 4.69) is 13.8 Å². The van der Waals surface area contributed by atoms with Gasteiger partial charge in [0.05, 0.1) is 5.60 Å². The molecule has 0 spiro atoms. The van der Waals surface area contributed by atoms with Crippen LogP contribution in [0.3, 0.4) is 0 Å². The van der Waals surface area contributed by atoms with E-state index in [0.717, 1.165) is 30.6 Å². The van der Waals surface area contributed by atoms with E-state index in [1.165, 1.54) is 38.5 Å². The summed E-state index contributed by atoms with van der Waals surface area (Å²) in [5.74, 6) is 2.84. The molecule has 4 saturated carbocycles. The average Bonchev–Trinajstić information content (AvgIpc) is 2.33. The first-order chi connectivity index (χ1) is 9.02. The zero-order chi connectivity index (χ0) is 13.7. The Morgan fingerprint density at radius 3 is 1.79 bits per heavy atom. The van der Waals surface area contributed by atoms with Gasteiger partial charge < -0.3 is 9.84 Å². The Bertz CT molecular complexity index is 295. The first-order valence-corrected chi connectivity index (χ1v) is 8.38. The molecule has 2 nitrogen and oxygen atoms in total. The van der Waals surface area contributed by atoms with Gasteiger partial charge in [-0.1, -0.05) is 13.8 Å². The minimum absolute atomic E-state index is 0.0861. The average molecular weight is 266 g/mol. The van der Waals surface area contributed by atoms with Crippen LogP contribution in [0.5, 0.6) is 0 Å². The van der Waals surface area contributed by atoms with Crippen LogP contribution in [0.1, 0.15) is 72.1 Å². The normalized spacial score (nSPS) is 42.6. The molecule has 4 fully saturated rings. The van der Waals surface area contributed by atoms with Gasteiger partial charge in [0.25, 0.3) is 0 Å². The predicted octanol–water partition coefficient (Wildman–Crippen LogP) is 4.12. The zero-order valence-electron chi connectivity index (χ0n) is 12.8. The van der Waals surface area contributed by atoms with E-state index < -0.39 is 6.29 Å². The number of hydrogen-bond donors (Lipinski definition) is 1. The third-order valence-corrected chi connectivity index (χ3v) is 6.54. The number of ether oxygens (including phenoxy) is 1. The minimum atomic E-state index is -0.632. The van der Waals surface area contributed by atoms with Gasteiger partial charge in [-0.05, 0) is 76.0 Å². The van der Waals surface area contributed by atoms with Crippen LogP contribution in [-0.2, 0) is 4.74 Å². The van der Waals surface area contributed by atoms with Gasteiger partial charge in [0, 0.05) is 5.41 Å². The number of hydrogen-bond acceptors (Lipinski definition) is 2. The largest absolute Gasteiger partial charge is 0.368 e. The molecular weight excluding hydrogens is 236 g/mol. The summed E-state index contributed by atoms with van der Waals surface area (Å²) in [7, 11) is 0. The zero-order valence-corrected chi connectivity index (χ0v) is 12.8. The second-order valence-electron chi connectivity index (χ2n) is 7.62. The van der Waals surface area contributed by atoms with Crippen molar-refractivity contribution >= 4 is 0 Å². The third kappa shape index (κ3) is 2.06. The summed E-state index contributed by atoms with van der Waals surface area (Å²) in [6.07, 6.45) is 9.93. The van der Waals surface area contributed by atoms with Crippen LogP contribution in [0, 0.1) is 23.2 Å². The summed E-state index contributed by atoms with van der Waals surface area (Å²) in [5, 5.41) is 9.83. The van der Waals surface area contributed by atoms with Crippen LogP contribution in [-0.4, -0.2) is 17.0 Å². The third-order valence-electron chi connectivity index (χ3n) is 6.54. The highest BCUT2D eigenvalue weighted by molar-refractivity contribution is 5.10. The molecule has 0 aromatic carbocycles. The van der Waals surface area contributed by atoms with Crippen molar-refractivity contribution in [2.24, 2.45) is 23.2 Å². The second-order valence-corrected chi connectivity index (χ2v) is 7.62. The number of rotatable bonds is 5. The Balaban J connectivity index is 1.92. The summed E-state index contributed by atoms with van der Waals surface area (Å²) < 4.78 is 6.18. The molecule has 0 unspecified atom stereocenters. The van der Waals surface area contributed by atoms with Gasteiger partial charge >= 0.3 is 0 Å². The topological polar surface area (TPSA) is 29.5 Å². The lowest BCUT2D eigenvalue weighted by Crippen LogP contribution is -2.59. The predicted molar refractivity (Wildman–Crippen MR) is 76.7 cm³/mol. The van der Waals surface area contributed by atoms with Crippen molar-refractivity contribution in [2.45, 2.75) is 84.0 Å². The monoisotopic (exact) mass is 266 g/mol. The van der Waals surface area contributed by atoms with E-state index >= 15 is 0 Å².